The number of benzene rings is 1. The van der Waals surface area contributed by atoms with Gasteiger partial charge >= 0.3 is 0 Å². The summed E-state index contributed by atoms with van der Waals surface area (Å²) in [6.07, 6.45) is 2.75. The highest BCUT2D eigenvalue weighted by molar-refractivity contribution is 5.76. The number of fused-ring (bicyclic) bond motifs is 1. The minimum atomic E-state index is -0.472. The molecule has 0 aliphatic rings. The minimum absolute atomic E-state index is 0.472. The van der Waals surface area contributed by atoms with E-state index >= 15 is 0 Å². The number of para-hydroxylation sites is 1. The Hall–Kier alpha value is -1.76. The number of nitrogens with zero attached hydrogens (tertiary/aromatic N) is 2. The van der Waals surface area contributed by atoms with Crippen molar-refractivity contribution in [3.63, 3.8) is 0 Å². The molecule has 116 valence electrons. The summed E-state index contributed by atoms with van der Waals surface area (Å²) in [5, 5.41) is 11.6. The van der Waals surface area contributed by atoms with Crippen molar-refractivity contribution >= 4 is 10.9 Å². The third-order valence-corrected chi connectivity index (χ3v) is 2.42. The van der Waals surface area contributed by atoms with Crippen LogP contribution in [0.15, 0.2) is 36.8 Å². The second-order valence-corrected chi connectivity index (χ2v) is 3.95. The fourth-order valence-electron chi connectivity index (χ4n) is 1.56. The first-order chi connectivity index (χ1) is 10.2. The van der Waals surface area contributed by atoms with Gasteiger partial charge in [-0.1, -0.05) is 12.1 Å². The molecule has 0 saturated carbocycles. The Morgan fingerprint density at radius 1 is 1.05 bits per heavy atom. The van der Waals surface area contributed by atoms with E-state index in [4.69, 9.17) is 14.2 Å². The van der Waals surface area contributed by atoms with Crippen LogP contribution in [-0.4, -0.2) is 31.3 Å². The summed E-state index contributed by atoms with van der Waals surface area (Å²) in [7, 11) is 0. The second kappa shape index (κ2) is 10.0. The van der Waals surface area contributed by atoms with Crippen LogP contribution in [0.5, 0.6) is 0 Å². The molecule has 0 aliphatic carbocycles. The lowest BCUT2D eigenvalue weighted by Crippen LogP contribution is -2.24. The third kappa shape index (κ3) is 6.48. The first-order valence-electron chi connectivity index (χ1n) is 6.99. The van der Waals surface area contributed by atoms with Gasteiger partial charge in [0.05, 0.1) is 5.39 Å². The van der Waals surface area contributed by atoms with Crippen LogP contribution in [0.25, 0.3) is 10.9 Å². The molecule has 0 unspecified atom stereocenters. The van der Waals surface area contributed by atoms with Gasteiger partial charge in [-0.3, -0.25) is 0 Å². The van der Waals surface area contributed by atoms with E-state index in [0.717, 1.165) is 10.9 Å². The molecule has 0 aliphatic heterocycles. The third-order valence-electron chi connectivity index (χ3n) is 2.42. The van der Waals surface area contributed by atoms with Crippen LogP contribution in [0, 0.1) is 5.21 Å². The van der Waals surface area contributed by atoms with E-state index in [1.807, 2.05) is 45.0 Å². The molecule has 6 heteroatoms. The van der Waals surface area contributed by atoms with Crippen LogP contribution in [0.2, 0.25) is 0 Å². The molecule has 0 N–H and O–H groups in total. The van der Waals surface area contributed by atoms with Gasteiger partial charge in [0.2, 0.25) is 0 Å². The molecule has 0 bridgehead atoms. The molecule has 6 nitrogen and oxygen atoms in total. The molecule has 0 radical (unpaired) electrons. The van der Waals surface area contributed by atoms with Crippen molar-refractivity contribution in [2.75, 3.05) is 19.8 Å². The first kappa shape index (κ1) is 17.3. The summed E-state index contributed by atoms with van der Waals surface area (Å²) in [5.74, 6) is 0. The Morgan fingerprint density at radius 2 is 1.62 bits per heavy atom. The molecule has 1 heterocycles. The molecule has 21 heavy (non-hydrogen) atoms. The van der Waals surface area contributed by atoms with Crippen molar-refractivity contribution in [1.29, 1.82) is 0 Å². The molecule has 0 amide bonds. The highest BCUT2D eigenvalue weighted by Gasteiger charge is 2.04. The molecular formula is C15H22N2O4. The highest BCUT2D eigenvalue weighted by Crippen LogP contribution is 2.05. The molecule has 2 aromatic rings. The Kier molecular flexibility index (Phi) is 8.27. The van der Waals surface area contributed by atoms with E-state index in [2.05, 4.69) is 4.98 Å². The lowest BCUT2D eigenvalue weighted by molar-refractivity contribution is -0.607. The Bertz CT molecular complexity index is 507. The van der Waals surface area contributed by atoms with Crippen molar-refractivity contribution in [2.45, 2.75) is 27.2 Å². The number of rotatable bonds is 6. The normalized spacial score (nSPS) is 10.5. The van der Waals surface area contributed by atoms with Crippen LogP contribution in [0.4, 0.5) is 0 Å². The van der Waals surface area contributed by atoms with Gasteiger partial charge < -0.3 is 19.4 Å². The fraction of sp³-hybridized carbons (Fsp3) is 0.467. The Morgan fingerprint density at radius 3 is 2.19 bits per heavy atom. The van der Waals surface area contributed by atoms with Crippen molar-refractivity contribution < 1.29 is 18.9 Å². The lowest BCUT2D eigenvalue weighted by atomic mass is 10.2. The van der Waals surface area contributed by atoms with Crippen molar-refractivity contribution in [2.24, 2.45) is 0 Å². The van der Waals surface area contributed by atoms with Crippen LogP contribution in [0.1, 0.15) is 20.8 Å². The van der Waals surface area contributed by atoms with E-state index in [1.54, 1.807) is 0 Å². The maximum atomic E-state index is 10.7. The van der Waals surface area contributed by atoms with Crippen molar-refractivity contribution in [3.05, 3.63) is 42.0 Å². The number of ether oxygens (including phenoxy) is 3. The summed E-state index contributed by atoms with van der Waals surface area (Å²) >= 11 is 0. The Balaban J connectivity index is 0.000000212. The van der Waals surface area contributed by atoms with E-state index < -0.39 is 6.48 Å². The van der Waals surface area contributed by atoms with Crippen LogP contribution in [-0.2, 0) is 14.2 Å². The van der Waals surface area contributed by atoms with Gasteiger partial charge in [0.15, 0.2) is 5.52 Å². The van der Waals surface area contributed by atoms with Crippen LogP contribution >= 0.6 is 0 Å². The molecule has 2 rings (SSSR count). The zero-order valence-electron chi connectivity index (χ0n) is 12.7. The lowest BCUT2D eigenvalue weighted by Gasteiger charge is -2.15. The molecule has 1 aromatic carbocycles. The maximum absolute atomic E-state index is 10.7. The predicted molar refractivity (Wildman–Crippen MR) is 79.4 cm³/mol. The molecule has 1 aromatic heterocycles. The fourth-order valence-corrected chi connectivity index (χ4v) is 1.56. The summed E-state index contributed by atoms with van der Waals surface area (Å²) < 4.78 is 15.9. The number of aromatic nitrogens is 2. The largest absolute Gasteiger partial charge is 0.711 e. The van der Waals surface area contributed by atoms with Crippen molar-refractivity contribution in [3.8, 4) is 0 Å². The van der Waals surface area contributed by atoms with Gasteiger partial charge in [-0.05, 0) is 37.9 Å². The van der Waals surface area contributed by atoms with Gasteiger partial charge in [0.25, 0.3) is 12.8 Å². The Labute approximate surface area is 124 Å². The average molecular weight is 294 g/mol. The maximum Gasteiger partial charge on any atom is 0.289 e. The van der Waals surface area contributed by atoms with E-state index in [0.29, 0.717) is 24.6 Å². The number of hydrogen-bond acceptors (Lipinski definition) is 5. The van der Waals surface area contributed by atoms with Gasteiger partial charge in [0, 0.05) is 19.8 Å². The summed E-state index contributed by atoms with van der Waals surface area (Å²) in [4.78, 5) is 3.93. The second-order valence-electron chi connectivity index (χ2n) is 3.95. The first-order valence-corrected chi connectivity index (χ1v) is 6.99. The standard InChI is InChI=1S/C8H6N2O.C7H16O3/c11-10-5-7-3-1-2-4-8(7)9-6-10;1-4-8-7(9-5-2)10-6-3/h1-6H;7H,4-6H2,1-3H3. The number of hydrogen-bond donors (Lipinski definition) is 0. The minimum Gasteiger partial charge on any atom is -0.711 e. The van der Waals surface area contributed by atoms with Crippen molar-refractivity contribution in [1.82, 2.24) is 4.98 Å². The molecule has 0 saturated heterocycles. The monoisotopic (exact) mass is 294 g/mol. The predicted octanol–water partition coefficient (Wildman–Crippen LogP) is 2.25. The zero-order chi connectivity index (χ0) is 15.5. The summed E-state index contributed by atoms with van der Waals surface area (Å²) in [5.41, 5.74) is 0.847. The van der Waals surface area contributed by atoms with E-state index in [9.17, 15) is 5.21 Å². The van der Waals surface area contributed by atoms with Gasteiger partial charge in [-0.25, -0.2) is 4.73 Å². The quantitative estimate of drug-likeness (QED) is 0.464. The highest BCUT2D eigenvalue weighted by atomic mass is 16.8. The summed E-state index contributed by atoms with van der Waals surface area (Å²) in [6, 6.07) is 7.50. The molecular weight excluding hydrogens is 272 g/mol. The molecule has 0 spiro atoms. The molecule has 0 fully saturated rings. The van der Waals surface area contributed by atoms with E-state index in [-0.39, 0.29) is 0 Å². The van der Waals surface area contributed by atoms with Gasteiger partial charge in [-0.15, -0.1) is 0 Å². The van der Waals surface area contributed by atoms with Gasteiger partial charge in [-0.2, -0.15) is 0 Å². The van der Waals surface area contributed by atoms with Crippen LogP contribution < -0.4 is 4.73 Å². The topological polar surface area (TPSA) is 67.5 Å². The summed E-state index contributed by atoms with van der Waals surface area (Å²) in [6.45, 7) is 7.10. The SMILES string of the molecule is CCOC(OCC)OCC.[O-][n+]1cnc2ccccc2c1. The molecule has 0 atom stereocenters. The van der Waals surface area contributed by atoms with E-state index in [1.165, 1.54) is 12.5 Å². The van der Waals surface area contributed by atoms with Gasteiger partial charge in [0.1, 0.15) is 6.20 Å². The van der Waals surface area contributed by atoms with Crippen LogP contribution in [0.3, 0.4) is 0 Å². The average Bonchev–Trinajstić information content (AvgIpc) is 2.48. The smallest absolute Gasteiger partial charge is 0.289 e. The zero-order valence-corrected chi connectivity index (χ0v) is 12.7.